The first-order valence-electron chi connectivity index (χ1n) is 4.36. The number of pyridine rings is 1. The second-order valence-corrected chi connectivity index (χ2v) is 2.96. The van der Waals surface area contributed by atoms with Crippen LogP contribution in [-0.4, -0.2) is 16.2 Å². The smallest absolute Gasteiger partial charge is 0.409 e. The van der Waals surface area contributed by atoms with E-state index >= 15 is 0 Å². The second kappa shape index (κ2) is 4.01. The number of aromatic nitrogens is 1. The van der Waals surface area contributed by atoms with Crippen LogP contribution in [-0.2, 0) is 0 Å². The van der Waals surface area contributed by atoms with Gasteiger partial charge in [0.1, 0.15) is 5.76 Å². The lowest BCUT2D eigenvalue weighted by Crippen LogP contribution is -2.08. The topological polar surface area (TPSA) is 75.4 Å². The molecule has 5 nitrogen and oxygen atoms in total. The third-order valence-electron chi connectivity index (χ3n) is 1.90. The molecule has 0 bridgehead atoms. The molecule has 0 aliphatic heterocycles. The number of carbonyl (C=O) groups is 1. The molecule has 0 spiro atoms. The number of halogens is 1. The number of nitrogens with zero attached hydrogens (tertiary/aromatic N) is 1. The van der Waals surface area contributed by atoms with Crippen LogP contribution in [0.3, 0.4) is 0 Å². The fraction of sp³-hybridized carbons (Fsp3) is 0. The van der Waals surface area contributed by atoms with Gasteiger partial charge in [0.25, 0.3) is 0 Å². The maximum absolute atomic E-state index is 12.9. The van der Waals surface area contributed by atoms with E-state index in [0.29, 0.717) is 11.3 Å². The average Bonchev–Trinajstić information content (AvgIpc) is 2.73. The fourth-order valence-electron chi connectivity index (χ4n) is 1.28. The Morgan fingerprint density at radius 1 is 1.56 bits per heavy atom. The molecule has 0 unspecified atom stereocenters. The van der Waals surface area contributed by atoms with E-state index in [1.54, 1.807) is 12.1 Å². The molecule has 6 heteroatoms. The summed E-state index contributed by atoms with van der Waals surface area (Å²) in [6.45, 7) is 0. The molecule has 0 saturated carbocycles. The van der Waals surface area contributed by atoms with Gasteiger partial charge in [0.2, 0.25) is 5.95 Å². The maximum atomic E-state index is 12.9. The van der Waals surface area contributed by atoms with Crippen LogP contribution in [0.15, 0.2) is 35.1 Å². The van der Waals surface area contributed by atoms with Gasteiger partial charge in [0, 0.05) is 11.6 Å². The lowest BCUT2D eigenvalue weighted by molar-refractivity contribution is 0.209. The fourth-order valence-corrected chi connectivity index (χ4v) is 1.28. The summed E-state index contributed by atoms with van der Waals surface area (Å²) in [7, 11) is 0. The Kier molecular flexibility index (Phi) is 2.55. The molecule has 0 radical (unpaired) electrons. The minimum absolute atomic E-state index is 0.170. The number of hydrogen-bond donors (Lipinski definition) is 2. The molecule has 0 aliphatic rings. The standard InChI is InChI=1S/C10H7FN2O3/c11-9-4-6(8-2-1-3-16-8)7(5-12-9)13-10(14)15/h1-5,13H,(H,14,15). The highest BCUT2D eigenvalue weighted by molar-refractivity contribution is 5.88. The van der Waals surface area contributed by atoms with Crippen molar-refractivity contribution in [3.05, 3.63) is 36.6 Å². The normalized spacial score (nSPS) is 10.1. The number of nitrogens with one attached hydrogen (secondary N) is 1. The minimum Gasteiger partial charge on any atom is -0.465 e. The van der Waals surface area contributed by atoms with Crippen LogP contribution in [0.5, 0.6) is 0 Å². The van der Waals surface area contributed by atoms with Gasteiger partial charge in [-0.05, 0) is 12.1 Å². The largest absolute Gasteiger partial charge is 0.465 e. The van der Waals surface area contributed by atoms with Crippen LogP contribution < -0.4 is 5.32 Å². The molecular weight excluding hydrogens is 215 g/mol. The SMILES string of the molecule is O=C(O)Nc1cnc(F)cc1-c1ccco1. The highest BCUT2D eigenvalue weighted by atomic mass is 19.1. The van der Waals surface area contributed by atoms with Crippen LogP contribution >= 0.6 is 0 Å². The zero-order valence-electron chi connectivity index (χ0n) is 7.98. The van der Waals surface area contributed by atoms with Gasteiger partial charge in [-0.1, -0.05) is 0 Å². The van der Waals surface area contributed by atoms with Crippen LogP contribution in [0.25, 0.3) is 11.3 Å². The number of amides is 1. The molecule has 16 heavy (non-hydrogen) atoms. The molecule has 0 aromatic carbocycles. The number of hydrogen-bond acceptors (Lipinski definition) is 3. The molecule has 0 saturated heterocycles. The van der Waals surface area contributed by atoms with Crippen molar-refractivity contribution in [1.29, 1.82) is 0 Å². The van der Waals surface area contributed by atoms with Crippen LogP contribution in [0.2, 0.25) is 0 Å². The lowest BCUT2D eigenvalue weighted by Gasteiger charge is -2.05. The van der Waals surface area contributed by atoms with E-state index in [2.05, 4.69) is 10.3 Å². The zero-order chi connectivity index (χ0) is 11.5. The first kappa shape index (κ1) is 10.2. The molecule has 1 amide bonds. The molecule has 82 valence electrons. The van der Waals surface area contributed by atoms with Crippen molar-refractivity contribution in [2.24, 2.45) is 0 Å². The molecule has 2 aromatic heterocycles. The molecule has 2 aromatic rings. The minimum atomic E-state index is -1.25. The Balaban J connectivity index is 2.48. The first-order chi connectivity index (χ1) is 7.66. The number of rotatable bonds is 2. The summed E-state index contributed by atoms with van der Waals surface area (Å²) in [6.07, 6.45) is 1.26. The van der Waals surface area contributed by atoms with E-state index in [1.165, 1.54) is 6.26 Å². The Morgan fingerprint density at radius 2 is 2.38 bits per heavy atom. The van der Waals surface area contributed by atoms with Gasteiger partial charge in [0.05, 0.1) is 18.1 Å². The van der Waals surface area contributed by atoms with Crippen molar-refractivity contribution >= 4 is 11.8 Å². The summed E-state index contributed by atoms with van der Waals surface area (Å²) in [5, 5.41) is 10.7. The summed E-state index contributed by atoms with van der Waals surface area (Å²) < 4.78 is 18.0. The van der Waals surface area contributed by atoms with Crippen LogP contribution in [0, 0.1) is 5.95 Å². The van der Waals surface area contributed by atoms with Gasteiger partial charge in [-0.3, -0.25) is 5.32 Å². The average molecular weight is 222 g/mol. The van der Waals surface area contributed by atoms with Crippen molar-refractivity contribution < 1.29 is 18.7 Å². The van der Waals surface area contributed by atoms with Crippen molar-refractivity contribution in [1.82, 2.24) is 4.98 Å². The molecule has 2 rings (SSSR count). The van der Waals surface area contributed by atoms with Crippen LogP contribution in [0.4, 0.5) is 14.9 Å². The zero-order valence-corrected chi connectivity index (χ0v) is 7.98. The third-order valence-corrected chi connectivity index (χ3v) is 1.90. The summed E-state index contributed by atoms with van der Waals surface area (Å²) in [4.78, 5) is 13.9. The molecule has 2 N–H and O–H groups in total. The van der Waals surface area contributed by atoms with Crippen molar-refractivity contribution in [3.8, 4) is 11.3 Å². The number of carboxylic acid groups (broad SMARTS) is 1. The monoisotopic (exact) mass is 222 g/mol. The highest BCUT2D eigenvalue weighted by Crippen LogP contribution is 2.28. The van der Waals surface area contributed by atoms with Gasteiger partial charge in [-0.15, -0.1) is 0 Å². The molecular formula is C10H7FN2O3. The van der Waals surface area contributed by atoms with E-state index in [1.807, 2.05) is 0 Å². The van der Waals surface area contributed by atoms with Crippen molar-refractivity contribution in [2.45, 2.75) is 0 Å². The van der Waals surface area contributed by atoms with Gasteiger partial charge in [-0.25, -0.2) is 9.78 Å². The van der Waals surface area contributed by atoms with E-state index in [9.17, 15) is 9.18 Å². The Hall–Kier alpha value is -2.37. The maximum Gasteiger partial charge on any atom is 0.409 e. The Bertz CT molecular complexity index is 511. The summed E-state index contributed by atoms with van der Waals surface area (Å²) >= 11 is 0. The van der Waals surface area contributed by atoms with E-state index < -0.39 is 12.0 Å². The van der Waals surface area contributed by atoms with Crippen molar-refractivity contribution in [2.75, 3.05) is 5.32 Å². The molecule has 0 fully saturated rings. The Labute approximate surface area is 89.5 Å². The molecule has 2 heterocycles. The first-order valence-corrected chi connectivity index (χ1v) is 4.36. The summed E-state index contributed by atoms with van der Waals surface area (Å²) in [5.74, 6) is -0.340. The molecule has 0 atom stereocenters. The lowest BCUT2D eigenvalue weighted by atomic mass is 10.2. The summed E-state index contributed by atoms with van der Waals surface area (Å²) in [5.41, 5.74) is 0.476. The third kappa shape index (κ3) is 2.00. The van der Waals surface area contributed by atoms with Gasteiger partial charge < -0.3 is 9.52 Å². The van der Waals surface area contributed by atoms with E-state index in [4.69, 9.17) is 9.52 Å². The summed E-state index contributed by atoms with van der Waals surface area (Å²) in [6, 6.07) is 4.32. The predicted octanol–water partition coefficient (Wildman–Crippen LogP) is 2.57. The van der Waals surface area contributed by atoms with Crippen molar-refractivity contribution in [3.63, 3.8) is 0 Å². The number of anilines is 1. The van der Waals surface area contributed by atoms with E-state index in [0.717, 1.165) is 12.3 Å². The van der Waals surface area contributed by atoms with Gasteiger partial charge >= 0.3 is 6.09 Å². The molecule has 0 aliphatic carbocycles. The predicted molar refractivity (Wildman–Crippen MR) is 53.5 cm³/mol. The number of furan rings is 1. The van der Waals surface area contributed by atoms with Gasteiger partial charge in [-0.2, -0.15) is 4.39 Å². The Morgan fingerprint density at radius 3 is 3.00 bits per heavy atom. The van der Waals surface area contributed by atoms with Crippen LogP contribution in [0.1, 0.15) is 0 Å². The van der Waals surface area contributed by atoms with Gasteiger partial charge in [0.15, 0.2) is 0 Å². The highest BCUT2D eigenvalue weighted by Gasteiger charge is 2.11. The second-order valence-electron chi connectivity index (χ2n) is 2.96. The quantitative estimate of drug-likeness (QED) is 0.765. The van der Waals surface area contributed by atoms with E-state index in [-0.39, 0.29) is 5.69 Å².